The lowest BCUT2D eigenvalue weighted by Crippen LogP contribution is -2.47. The van der Waals surface area contributed by atoms with Gasteiger partial charge in [0.25, 0.3) is 0 Å². The van der Waals surface area contributed by atoms with Crippen LogP contribution >= 0.6 is 11.3 Å². The van der Waals surface area contributed by atoms with Crippen molar-refractivity contribution in [2.24, 2.45) is 17.3 Å². The molecule has 0 fully saturated rings. The second kappa shape index (κ2) is 12.0. The van der Waals surface area contributed by atoms with Crippen LogP contribution in [0.5, 0.6) is 0 Å². The maximum absolute atomic E-state index is 13.2. The number of hydrogen-bond acceptors (Lipinski definition) is 6. The number of amides is 1. The predicted octanol–water partition coefficient (Wildman–Crippen LogP) is 4.62. The van der Waals surface area contributed by atoms with Gasteiger partial charge in [-0.3, -0.25) is 9.59 Å². The van der Waals surface area contributed by atoms with Crippen LogP contribution in [0.4, 0.5) is 0 Å². The van der Waals surface area contributed by atoms with Gasteiger partial charge in [-0.15, -0.1) is 11.3 Å². The first kappa shape index (κ1) is 28.1. The topological polar surface area (TPSA) is 99.5 Å². The Morgan fingerprint density at radius 1 is 1.24 bits per heavy atom. The lowest BCUT2D eigenvalue weighted by molar-refractivity contribution is -0.142. The summed E-state index contributed by atoms with van der Waals surface area (Å²) < 4.78 is 0. The van der Waals surface area contributed by atoms with Crippen LogP contribution in [0.15, 0.2) is 34.8 Å². The van der Waals surface area contributed by atoms with Gasteiger partial charge in [0.05, 0.1) is 40.8 Å². The van der Waals surface area contributed by atoms with Gasteiger partial charge in [0.2, 0.25) is 5.91 Å². The molecule has 3 N–H and O–H groups in total. The minimum absolute atomic E-state index is 0.195. The monoisotopic (exact) mass is 488 g/mol. The number of carbonyl (C=O) groups excluding carboxylic acids is 2. The number of allylic oxidation sites excluding steroid dienone is 2. The van der Waals surface area contributed by atoms with Crippen LogP contribution < -0.4 is 5.32 Å². The summed E-state index contributed by atoms with van der Waals surface area (Å²) in [5.74, 6) is -1.46. The van der Waals surface area contributed by atoms with Crippen molar-refractivity contribution in [2.75, 3.05) is 0 Å². The summed E-state index contributed by atoms with van der Waals surface area (Å²) in [5, 5.41) is 27.6. The molecular weight excluding hydrogens is 448 g/mol. The molecular formula is C27H40N2O4S. The van der Waals surface area contributed by atoms with Gasteiger partial charge >= 0.3 is 0 Å². The molecule has 1 aromatic rings. The number of nitrogens with one attached hydrogen (secondary N) is 1. The Morgan fingerprint density at radius 2 is 1.91 bits per heavy atom. The number of aliphatic hydroxyl groups is 2. The number of aromatic nitrogens is 1. The molecule has 0 bridgehead atoms. The fourth-order valence-corrected chi connectivity index (χ4v) is 4.74. The molecule has 188 valence electrons. The molecule has 34 heavy (non-hydrogen) atoms. The highest BCUT2D eigenvalue weighted by atomic mass is 32.1. The molecule has 5 atom stereocenters. The number of rotatable bonds is 2. The summed E-state index contributed by atoms with van der Waals surface area (Å²) in [6, 6.07) is -0.257. The van der Waals surface area contributed by atoms with E-state index in [1.807, 2.05) is 51.3 Å². The van der Waals surface area contributed by atoms with Crippen molar-refractivity contribution in [2.45, 2.75) is 86.0 Å². The van der Waals surface area contributed by atoms with Crippen LogP contribution in [0.2, 0.25) is 0 Å². The number of aryl methyl sites for hydroxylation is 1. The zero-order valence-electron chi connectivity index (χ0n) is 21.5. The highest BCUT2D eigenvalue weighted by molar-refractivity contribution is 7.09. The van der Waals surface area contributed by atoms with E-state index in [4.69, 9.17) is 0 Å². The van der Waals surface area contributed by atoms with E-state index in [9.17, 15) is 19.8 Å². The average molecular weight is 489 g/mol. The molecule has 0 radical (unpaired) electrons. The van der Waals surface area contributed by atoms with Gasteiger partial charge in [0.15, 0.2) is 0 Å². The quantitative estimate of drug-likeness (QED) is 0.528. The largest absolute Gasteiger partial charge is 0.392 e. The molecule has 0 saturated heterocycles. The first-order valence-corrected chi connectivity index (χ1v) is 12.8. The van der Waals surface area contributed by atoms with Crippen molar-refractivity contribution >= 4 is 29.1 Å². The Balaban J connectivity index is 2.37. The molecule has 7 heteroatoms. The number of nitrogens with zero attached hydrogens (tertiary/aromatic N) is 1. The number of ketones is 1. The molecule has 0 saturated carbocycles. The lowest BCUT2D eigenvalue weighted by atomic mass is 9.73. The maximum Gasteiger partial charge on any atom is 0.223 e. The Morgan fingerprint density at radius 3 is 2.53 bits per heavy atom. The third-order valence-corrected chi connectivity index (χ3v) is 7.58. The van der Waals surface area contributed by atoms with E-state index in [1.54, 1.807) is 32.1 Å². The van der Waals surface area contributed by atoms with Gasteiger partial charge < -0.3 is 15.5 Å². The zero-order chi connectivity index (χ0) is 25.6. The van der Waals surface area contributed by atoms with Gasteiger partial charge in [-0.2, -0.15) is 0 Å². The first-order chi connectivity index (χ1) is 15.8. The molecule has 1 aromatic heterocycles. The average Bonchev–Trinajstić information content (AvgIpc) is 3.18. The van der Waals surface area contributed by atoms with Crippen molar-refractivity contribution in [3.05, 3.63) is 45.5 Å². The van der Waals surface area contributed by atoms with E-state index < -0.39 is 23.5 Å². The van der Waals surface area contributed by atoms with E-state index >= 15 is 0 Å². The molecule has 0 spiro atoms. The van der Waals surface area contributed by atoms with E-state index in [-0.39, 0.29) is 30.1 Å². The number of thiazole rings is 1. The van der Waals surface area contributed by atoms with E-state index in [1.165, 1.54) is 0 Å². The third-order valence-electron chi connectivity index (χ3n) is 6.79. The Labute approximate surface area is 207 Å². The SMILES string of the molecule is CC1=CC[C@@H](C(C)=Cc2csc(C)n2)NC(=O)C[C@H](O)C(C)(C)C(=O)[C@H](C)[C@@H](O)[C@@H](C)C=CC1. The molecule has 2 heterocycles. The van der Waals surface area contributed by atoms with Crippen LogP contribution in [0.1, 0.15) is 71.5 Å². The van der Waals surface area contributed by atoms with Crippen molar-refractivity contribution in [1.82, 2.24) is 10.3 Å². The van der Waals surface area contributed by atoms with Crippen LogP contribution in [-0.4, -0.2) is 45.1 Å². The fraction of sp³-hybridized carbons (Fsp3) is 0.593. The second-order valence-electron chi connectivity index (χ2n) is 10.2. The number of hydrogen-bond donors (Lipinski definition) is 3. The lowest BCUT2D eigenvalue weighted by Gasteiger charge is -2.34. The van der Waals surface area contributed by atoms with Gasteiger partial charge in [-0.1, -0.05) is 51.5 Å². The summed E-state index contributed by atoms with van der Waals surface area (Å²) in [6.45, 7) is 12.8. The fourth-order valence-electron chi connectivity index (χ4n) is 4.17. The van der Waals surface area contributed by atoms with Gasteiger partial charge in [0.1, 0.15) is 5.78 Å². The molecule has 0 unspecified atom stereocenters. The smallest absolute Gasteiger partial charge is 0.223 e. The van der Waals surface area contributed by atoms with Crippen LogP contribution in [0.25, 0.3) is 6.08 Å². The van der Waals surface area contributed by atoms with Crippen LogP contribution in [0, 0.1) is 24.2 Å². The number of aliphatic hydroxyl groups excluding tert-OH is 2. The number of carbonyl (C=O) groups is 2. The summed E-state index contributed by atoms with van der Waals surface area (Å²) >= 11 is 1.58. The molecule has 0 aliphatic carbocycles. The molecule has 2 rings (SSSR count). The van der Waals surface area contributed by atoms with Crippen LogP contribution in [0.3, 0.4) is 0 Å². The molecule has 1 aliphatic heterocycles. The van der Waals surface area contributed by atoms with Crippen molar-refractivity contribution in [3.8, 4) is 0 Å². The zero-order valence-corrected chi connectivity index (χ0v) is 22.3. The highest BCUT2D eigenvalue weighted by Crippen LogP contribution is 2.31. The molecule has 0 aromatic carbocycles. The minimum Gasteiger partial charge on any atom is -0.392 e. The van der Waals surface area contributed by atoms with Gasteiger partial charge in [-0.05, 0) is 45.3 Å². The second-order valence-corrected chi connectivity index (χ2v) is 11.2. The van der Waals surface area contributed by atoms with Crippen molar-refractivity contribution < 1.29 is 19.8 Å². The standard InChI is InChI=1S/C27H40N2O4S/c1-16-9-8-10-17(2)25(32)19(4)26(33)27(6,7)23(30)14-24(31)29-22(12-11-16)18(3)13-21-15-34-20(5)28-21/h8,10-11,13,15,17,19,22-23,25,30,32H,9,12,14H2,1-7H3,(H,29,31)/t17-,19+,22-,23-,25-/m0/s1. The van der Waals surface area contributed by atoms with E-state index in [0.717, 1.165) is 28.3 Å². The molecule has 6 nitrogen and oxygen atoms in total. The van der Waals surface area contributed by atoms with Crippen molar-refractivity contribution in [1.29, 1.82) is 0 Å². The number of Topliss-reactive ketones (excluding diaryl/α,β-unsaturated/α-hetero) is 1. The van der Waals surface area contributed by atoms with Crippen LogP contribution in [-0.2, 0) is 9.59 Å². The predicted molar refractivity (Wildman–Crippen MR) is 138 cm³/mol. The minimum atomic E-state index is -1.17. The maximum atomic E-state index is 13.2. The van der Waals surface area contributed by atoms with E-state index in [2.05, 4.69) is 16.4 Å². The summed E-state index contributed by atoms with van der Waals surface area (Å²) in [6.07, 6.45) is 7.13. The summed E-state index contributed by atoms with van der Waals surface area (Å²) in [5.41, 5.74) is 1.80. The highest BCUT2D eigenvalue weighted by Gasteiger charge is 2.41. The Hall–Kier alpha value is -2.09. The van der Waals surface area contributed by atoms with Gasteiger partial charge in [0, 0.05) is 17.2 Å². The third kappa shape index (κ3) is 7.45. The molecule has 1 amide bonds. The normalized spacial score (nSPS) is 30.1. The van der Waals surface area contributed by atoms with E-state index in [0.29, 0.717) is 6.42 Å². The van der Waals surface area contributed by atoms with Crippen molar-refractivity contribution in [3.63, 3.8) is 0 Å². The van der Waals surface area contributed by atoms with Gasteiger partial charge in [-0.25, -0.2) is 4.98 Å². The first-order valence-electron chi connectivity index (χ1n) is 11.9. The summed E-state index contributed by atoms with van der Waals surface area (Å²) in [4.78, 5) is 30.6. The Kier molecular flexibility index (Phi) is 9.97. The molecule has 1 aliphatic rings. The summed E-state index contributed by atoms with van der Waals surface area (Å²) in [7, 11) is 0. The Bertz CT molecular complexity index is 960.